The fraction of sp³-hybridized carbons (Fsp3) is 0.318. The Morgan fingerprint density at radius 3 is 2.35 bits per heavy atom. The molecular formula is C22H25BrN2O. The zero-order valence-corrected chi connectivity index (χ0v) is 17.0. The lowest BCUT2D eigenvalue weighted by atomic mass is 10.1. The number of imidazole rings is 1. The van der Waals surface area contributed by atoms with Crippen LogP contribution in [0.1, 0.15) is 30.7 Å². The minimum atomic E-state index is 0. The zero-order chi connectivity index (χ0) is 17.2. The first-order valence-electron chi connectivity index (χ1n) is 9.12. The maximum atomic E-state index is 5.32. The molecule has 4 heteroatoms. The zero-order valence-electron chi connectivity index (χ0n) is 15.4. The highest BCUT2D eigenvalue weighted by Gasteiger charge is 2.27. The van der Waals surface area contributed by atoms with Gasteiger partial charge >= 0.3 is 0 Å². The van der Waals surface area contributed by atoms with Crippen molar-refractivity contribution in [2.75, 3.05) is 7.11 Å². The van der Waals surface area contributed by atoms with Gasteiger partial charge in [0.2, 0.25) is 0 Å². The van der Waals surface area contributed by atoms with Crippen LogP contribution in [0.5, 0.6) is 5.75 Å². The van der Waals surface area contributed by atoms with Crippen LogP contribution in [0.2, 0.25) is 0 Å². The van der Waals surface area contributed by atoms with E-state index in [4.69, 9.17) is 4.74 Å². The first-order valence-corrected chi connectivity index (χ1v) is 9.12. The summed E-state index contributed by atoms with van der Waals surface area (Å²) in [5, 5.41) is 0. The SMILES string of the molecule is COc1ccc(-c2c[n+]3c(n2-c2ccc(C)cc2)CCCCC3)cc1.[Br-]. The van der Waals surface area contributed by atoms with Gasteiger partial charge in [0.15, 0.2) is 5.69 Å². The molecule has 0 unspecified atom stereocenters. The van der Waals surface area contributed by atoms with E-state index >= 15 is 0 Å². The lowest BCUT2D eigenvalue weighted by Crippen LogP contribution is -3.00. The molecular weight excluding hydrogens is 388 g/mol. The Morgan fingerprint density at radius 2 is 1.65 bits per heavy atom. The number of benzene rings is 2. The van der Waals surface area contributed by atoms with Crippen molar-refractivity contribution in [2.45, 2.75) is 39.2 Å². The number of methoxy groups -OCH3 is 1. The Morgan fingerprint density at radius 1 is 0.923 bits per heavy atom. The number of rotatable bonds is 3. The van der Waals surface area contributed by atoms with Crippen LogP contribution in [0.3, 0.4) is 0 Å². The van der Waals surface area contributed by atoms with Gasteiger partial charge in [-0.2, -0.15) is 4.57 Å². The number of fused-ring (bicyclic) bond motifs is 1. The lowest BCUT2D eigenvalue weighted by molar-refractivity contribution is -0.702. The van der Waals surface area contributed by atoms with Crippen LogP contribution in [-0.4, -0.2) is 11.7 Å². The van der Waals surface area contributed by atoms with E-state index in [1.807, 2.05) is 12.1 Å². The molecule has 2 heterocycles. The molecule has 0 bridgehead atoms. The van der Waals surface area contributed by atoms with E-state index in [0.717, 1.165) is 18.7 Å². The molecule has 136 valence electrons. The van der Waals surface area contributed by atoms with Gasteiger partial charge in [0.1, 0.15) is 17.6 Å². The van der Waals surface area contributed by atoms with Crippen molar-refractivity contribution in [3.8, 4) is 22.7 Å². The predicted octanol–water partition coefficient (Wildman–Crippen LogP) is 1.48. The van der Waals surface area contributed by atoms with Gasteiger partial charge in [0.05, 0.1) is 13.7 Å². The number of halogens is 1. The van der Waals surface area contributed by atoms with Gasteiger partial charge in [-0.25, -0.2) is 4.57 Å². The van der Waals surface area contributed by atoms with Crippen LogP contribution in [0.4, 0.5) is 0 Å². The topological polar surface area (TPSA) is 18.0 Å². The number of ether oxygens (including phenoxy) is 1. The fourth-order valence-corrected chi connectivity index (χ4v) is 3.69. The second-order valence-corrected chi connectivity index (χ2v) is 6.83. The molecule has 3 aromatic rings. The molecule has 3 nitrogen and oxygen atoms in total. The van der Waals surface area contributed by atoms with Crippen molar-refractivity contribution >= 4 is 0 Å². The molecule has 0 fully saturated rings. The van der Waals surface area contributed by atoms with Crippen molar-refractivity contribution < 1.29 is 26.3 Å². The molecule has 0 saturated heterocycles. The number of hydrogen-bond donors (Lipinski definition) is 0. The minimum absolute atomic E-state index is 0. The van der Waals surface area contributed by atoms with E-state index in [0.29, 0.717) is 0 Å². The van der Waals surface area contributed by atoms with Crippen molar-refractivity contribution in [3.05, 3.63) is 66.1 Å². The average molecular weight is 413 g/mol. The summed E-state index contributed by atoms with van der Waals surface area (Å²) in [6.45, 7) is 3.25. The molecule has 0 N–H and O–H groups in total. The summed E-state index contributed by atoms with van der Waals surface area (Å²) < 4.78 is 10.2. The highest BCUT2D eigenvalue weighted by Crippen LogP contribution is 2.28. The van der Waals surface area contributed by atoms with Gasteiger partial charge in [-0.05, 0) is 62.6 Å². The van der Waals surface area contributed by atoms with Crippen molar-refractivity contribution in [1.82, 2.24) is 4.57 Å². The standard InChI is InChI=1S/C22H25N2O.BrH/c1-17-7-11-19(12-8-17)24-21(18-9-13-20(25-2)14-10-18)16-23-15-5-3-4-6-22(23)24;/h7-14,16H,3-6,15H2,1-2H3;1H/q+1;/p-1. The third-order valence-electron chi connectivity index (χ3n) is 5.09. The Kier molecular flexibility index (Phi) is 5.82. The summed E-state index contributed by atoms with van der Waals surface area (Å²) in [5.41, 5.74) is 5.01. The molecule has 0 amide bonds. The third-order valence-corrected chi connectivity index (χ3v) is 5.09. The number of nitrogens with zero attached hydrogens (tertiary/aromatic N) is 2. The Balaban J connectivity index is 0.00000196. The lowest BCUT2D eigenvalue weighted by Gasteiger charge is -2.06. The molecule has 2 aromatic carbocycles. The molecule has 0 radical (unpaired) electrons. The quantitative estimate of drug-likeness (QED) is 0.595. The minimum Gasteiger partial charge on any atom is -1.00 e. The predicted molar refractivity (Wildman–Crippen MR) is 100 cm³/mol. The Hall–Kier alpha value is -2.07. The van der Waals surface area contributed by atoms with Gasteiger partial charge < -0.3 is 21.7 Å². The summed E-state index contributed by atoms with van der Waals surface area (Å²) >= 11 is 0. The third kappa shape index (κ3) is 3.56. The number of aryl methyl sites for hydroxylation is 2. The molecule has 26 heavy (non-hydrogen) atoms. The van der Waals surface area contributed by atoms with E-state index in [-0.39, 0.29) is 17.0 Å². The molecule has 0 saturated carbocycles. The number of hydrogen-bond acceptors (Lipinski definition) is 1. The number of aromatic nitrogens is 2. The van der Waals surface area contributed by atoms with E-state index < -0.39 is 0 Å². The maximum Gasteiger partial charge on any atom is 0.262 e. The molecule has 0 spiro atoms. The molecule has 1 aliphatic heterocycles. The average Bonchev–Trinajstić information content (AvgIpc) is 2.85. The molecule has 1 aliphatic rings. The summed E-state index contributed by atoms with van der Waals surface area (Å²) in [4.78, 5) is 0. The second-order valence-electron chi connectivity index (χ2n) is 6.83. The molecule has 0 atom stereocenters. The van der Waals surface area contributed by atoms with Gasteiger partial charge in [0.25, 0.3) is 5.82 Å². The fourth-order valence-electron chi connectivity index (χ4n) is 3.69. The Labute approximate surface area is 166 Å². The van der Waals surface area contributed by atoms with Crippen LogP contribution in [0.25, 0.3) is 16.9 Å². The molecule has 0 aliphatic carbocycles. The monoisotopic (exact) mass is 412 g/mol. The van der Waals surface area contributed by atoms with E-state index in [2.05, 4.69) is 58.7 Å². The van der Waals surface area contributed by atoms with Gasteiger partial charge in [0, 0.05) is 12.0 Å². The first kappa shape index (κ1) is 18.7. The second kappa shape index (κ2) is 8.09. The highest BCUT2D eigenvalue weighted by molar-refractivity contribution is 5.62. The smallest absolute Gasteiger partial charge is 0.262 e. The normalized spacial score (nSPS) is 13.5. The van der Waals surface area contributed by atoms with E-state index in [1.165, 1.54) is 47.6 Å². The Bertz CT molecular complexity index is 866. The van der Waals surface area contributed by atoms with Crippen molar-refractivity contribution in [3.63, 3.8) is 0 Å². The maximum absolute atomic E-state index is 5.32. The van der Waals surface area contributed by atoms with Gasteiger partial charge in [-0.15, -0.1) is 0 Å². The largest absolute Gasteiger partial charge is 1.00 e. The summed E-state index contributed by atoms with van der Waals surface area (Å²) in [5.74, 6) is 2.30. The van der Waals surface area contributed by atoms with Crippen LogP contribution in [-0.2, 0) is 13.0 Å². The first-order chi connectivity index (χ1) is 12.3. The summed E-state index contributed by atoms with van der Waals surface area (Å²) in [6.07, 6.45) is 7.29. The van der Waals surface area contributed by atoms with E-state index in [9.17, 15) is 0 Å². The van der Waals surface area contributed by atoms with Crippen LogP contribution >= 0.6 is 0 Å². The van der Waals surface area contributed by atoms with Gasteiger partial charge in [-0.3, -0.25) is 0 Å². The molecule has 4 rings (SSSR count). The van der Waals surface area contributed by atoms with Crippen LogP contribution in [0, 0.1) is 6.92 Å². The van der Waals surface area contributed by atoms with Gasteiger partial charge in [-0.1, -0.05) is 17.7 Å². The summed E-state index contributed by atoms with van der Waals surface area (Å²) in [7, 11) is 1.71. The van der Waals surface area contributed by atoms with Crippen LogP contribution < -0.4 is 26.3 Å². The van der Waals surface area contributed by atoms with Crippen LogP contribution in [0.15, 0.2) is 54.7 Å². The summed E-state index contributed by atoms with van der Waals surface area (Å²) in [6, 6.07) is 17.2. The highest BCUT2D eigenvalue weighted by atomic mass is 79.9. The van der Waals surface area contributed by atoms with E-state index in [1.54, 1.807) is 7.11 Å². The van der Waals surface area contributed by atoms with Crippen molar-refractivity contribution in [1.29, 1.82) is 0 Å². The molecule has 1 aromatic heterocycles. The van der Waals surface area contributed by atoms with Crippen molar-refractivity contribution in [2.24, 2.45) is 0 Å².